The van der Waals surface area contributed by atoms with Crippen LogP contribution >= 0.6 is 47.3 Å². The Labute approximate surface area is 229 Å². The molecule has 0 atom stereocenters. The number of carbonyl (C=O) groups excluding carboxylic acids is 2. The van der Waals surface area contributed by atoms with E-state index in [1.165, 1.54) is 11.8 Å². The topological polar surface area (TPSA) is 40.6 Å². The van der Waals surface area contributed by atoms with Crippen molar-refractivity contribution in [2.24, 2.45) is 0 Å². The zero-order valence-electron chi connectivity index (χ0n) is 19.4. The molecule has 4 nitrogen and oxygen atoms in total. The summed E-state index contributed by atoms with van der Waals surface area (Å²) in [5.74, 6) is 0.00325. The molecular weight excluding hydrogens is 528 g/mol. The first kappa shape index (κ1) is 25.1. The number of thioether (sulfide) groups is 1. The van der Waals surface area contributed by atoms with Crippen LogP contribution in [-0.2, 0) is 9.59 Å². The molecular formula is C28H23ClN2O2S3. The second-order valence-electron chi connectivity index (χ2n) is 8.47. The van der Waals surface area contributed by atoms with Gasteiger partial charge in [0, 0.05) is 27.8 Å². The number of nitrogens with zero attached hydrogens (tertiary/aromatic N) is 2. The fourth-order valence-corrected chi connectivity index (χ4v) is 6.74. The number of unbranched alkanes of at least 4 members (excludes halogenated alkanes) is 2. The van der Waals surface area contributed by atoms with E-state index in [-0.39, 0.29) is 11.8 Å². The molecule has 36 heavy (non-hydrogen) atoms. The summed E-state index contributed by atoms with van der Waals surface area (Å²) in [7, 11) is 0. The largest absolute Gasteiger partial charge is 0.293 e. The van der Waals surface area contributed by atoms with Crippen LogP contribution in [0.25, 0.3) is 6.08 Å². The molecule has 1 saturated heterocycles. The molecule has 2 aliphatic heterocycles. The Kier molecular flexibility index (Phi) is 7.82. The average molecular weight is 551 g/mol. The van der Waals surface area contributed by atoms with Gasteiger partial charge < -0.3 is 0 Å². The molecule has 0 unspecified atom stereocenters. The third kappa shape index (κ3) is 5.39. The Morgan fingerprint density at radius 2 is 1.64 bits per heavy atom. The zero-order chi connectivity index (χ0) is 25.1. The average Bonchev–Trinajstić information content (AvgIpc) is 3.14. The molecule has 0 bridgehead atoms. The summed E-state index contributed by atoms with van der Waals surface area (Å²) in [5, 5.41) is 0.608. The van der Waals surface area contributed by atoms with E-state index in [0.717, 1.165) is 46.0 Å². The molecule has 2 heterocycles. The minimum Gasteiger partial charge on any atom is -0.293 e. The molecule has 2 aliphatic rings. The summed E-state index contributed by atoms with van der Waals surface area (Å²) < 4.78 is 0.592. The van der Waals surface area contributed by atoms with Crippen LogP contribution in [0.2, 0.25) is 5.02 Å². The minimum absolute atomic E-state index is 0.0409. The molecule has 2 amide bonds. The van der Waals surface area contributed by atoms with Crippen molar-refractivity contribution in [3.63, 3.8) is 0 Å². The number of benzene rings is 3. The van der Waals surface area contributed by atoms with Crippen molar-refractivity contribution in [2.75, 3.05) is 11.4 Å². The third-order valence-electron chi connectivity index (χ3n) is 5.98. The normalized spacial score (nSPS) is 15.9. The first-order valence-electron chi connectivity index (χ1n) is 11.7. The molecule has 182 valence electrons. The van der Waals surface area contributed by atoms with E-state index in [4.69, 9.17) is 23.8 Å². The van der Waals surface area contributed by atoms with Gasteiger partial charge in [-0.1, -0.05) is 96.2 Å². The highest BCUT2D eigenvalue weighted by Crippen LogP contribution is 2.49. The van der Waals surface area contributed by atoms with Gasteiger partial charge in [-0.2, -0.15) is 0 Å². The maximum Gasteiger partial charge on any atom is 0.266 e. The molecule has 0 saturated carbocycles. The maximum atomic E-state index is 13.4. The number of halogens is 1. The molecule has 1 fully saturated rings. The quantitative estimate of drug-likeness (QED) is 0.170. The van der Waals surface area contributed by atoms with Crippen LogP contribution in [0.1, 0.15) is 31.2 Å². The number of amides is 2. The third-order valence-corrected chi connectivity index (χ3v) is 8.72. The molecule has 0 radical (unpaired) electrons. The standard InChI is InChI=1S/C28H23ClN2O2S3/c29-20-14-15-24-22(18-20)31(21-11-6-7-12-23(21)35-24)26(32)13-5-2-8-16-30-27(33)25(36-28(30)34)17-19-9-3-1-4-10-19/h1,3-4,6-7,9-12,14-15,17-18H,2,5,8,13,16H2/b25-17-. The maximum absolute atomic E-state index is 13.4. The van der Waals surface area contributed by atoms with Gasteiger partial charge in [0.15, 0.2) is 0 Å². The van der Waals surface area contributed by atoms with Crippen LogP contribution in [0.5, 0.6) is 0 Å². The fraction of sp³-hybridized carbons (Fsp3) is 0.179. The van der Waals surface area contributed by atoms with Gasteiger partial charge in [0.2, 0.25) is 5.91 Å². The van der Waals surface area contributed by atoms with Crippen molar-refractivity contribution in [1.29, 1.82) is 0 Å². The number of anilines is 2. The Morgan fingerprint density at radius 1 is 0.889 bits per heavy atom. The Bertz CT molecular complexity index is 1360. The van der Waals surface area contributed by atoms with Gasteiger partial charge in [-0.3, -0.25) is 19.4 Å². The van der Waals surface area contributed by atoms with Crippen LogP contribution < -0.4 is 4.90 Å². The van der Waals surface area contributed by atoms with Crippen molar-refractivity contribution in [3.05, 3.63) is 88.3 Å². The minimum atomic E-state index is -0.0409. The van der Waals surface area contributed by atoms with E-state index in [1.54, 1.807) is 21.6 Å². The van der Waals surface area contributed by atoms with Crippen LogP contribution in [0.15, 0.2) is 87.5 Å². The van der Waals surface area contributed by atoms with Gasteiger partial charge in [0.1, 0.15) is 4.32 Å². The van der Waals surface area contributed by atoms with E-state index in [1.807, 2.05) is 78.9 Å². The van der Waals surface area contributed by atoms with E-state index in [2.05, 4.69) is 0 Å². The second kappa shape index (κ2) is 11.2. The van der Waals surface area contributed by atoms with Crippen molar-refractivity contribution in [1.82, 2.24) is 4.90 Å². The van der Waals surface area contributed by atoms with E-state index in [0.29, 0.717) is 27.2 Å². The lowest BCUT2D eigenvalue weighted by molar-refractivity contribution is -0.122. The molecule has 5 rings (SSSR count). The monoisotopic (exact) mass is 550 g/mol. The van der Waals surface area contributed by atoms with Crippen molar-refractivity contribution < 1.29 is 9.59 Å². The fourth-order valence-electron chi connectivity index (χ4n) is 4.22. The van der Waals surface area contributed by atoms with E-state index < -0.39 is 0 Å². The summed E-state index contributed by atoms with van der Waals surface area (Å²) >= 11 is 14.7. The lowest BCUT2D eigenvalue weighted by Crippen LogP contribution is -2.29. The lowest BCUT2D eigenvalue weighted by Gasteiger charge is -2.31. The molecule has 3 aromatic carbocycles. The first-order valence-corrected chi connectivity index (χ1v) is 14.1. The van der Waals surface area contributed by atoms with Crippen molar-refractivity contribution in [2.45, 2.75) is 35.5 Å². The zero-order valence-corrected chi connectivity index (χ0v) is 22.6. The number of rotatable bonds is 7. The lowest BCUT2D eigenvalue weighted by atomic mass is 10.1. The molecule has 0 aliphatic carbocycles. The van der Waals surface area contributed by atoms with Gasteiger partial charge in [-0.05, 0) is 54.8 Å². The van der Waals surface area contributed by atoms with E-state index >= 15 is 0 Å². The molecule has 0 spiro atoms. The molecule has 0 aromatic heterocycles. The van der Waals surface area contributed by atoms with Gasteiger partial charge in [-0.25, -0.2) is 0 Å². The summed E-state index contributed by atoms with van der Waals surface area (Å²) in [6.45, 7) is 0.562. The van der Waals surface area contributed by atoms with Gasteiger partial charge in [0.05, 0.1) is 16.3 Å². The Balaban J connectivity index is 1.17. The van der Waals surface area contributed by atoms with E-state index in [9.17, 15) is 9.59 Å². The second-order valence-corrected chi connectivity index (χ2v) is 11.7. The van der Waals surface area contributed by atoms with Crippen LogP contribution in [0, 0.1) is 0 Å². The summed E-state index contributed by atoms with van der Waals surface area (Å²) in [4.78, 5) is 32.4. The van der Waals surface area contributed by atoms with Crippen LogP contribution in [0.3, 0.4) is 0 Å². The van der Waals surface area contributed by atoms with Gasteiger partial charge in [-0.15, -0.1) is 0 Å². The Morgan fingerprint density at radius 3 is 2.47 bits per heavy atom. The highest BCUT2D eigenvalue weighted by molar-refractivity contribution is 8.26. The summed E-state index contributed by atoms with van der Waals surface area (Å²) in [6, 6.07) is 23.4. The summed E-state index contributed by atoms with van der Waals surface area (Å²) in [6.07, 6.45) is 4.64. The molecule has 8 heteroatoms. The number of carbonyl (C=O) groups is 2. The predicted octanol–water partition coefficient (Wildman–Crippen LogP) is 7.93. The van der Waals surface area contributed by atoms with Crippen LogP contribution in [-0.4, -0.2) is 27.6 Å². The number of para-hydroxylation sites is 1. The number of thiocarbonyl (C=S) groups is 1. The highest BCUT2D eigenvalue weighted by Gasteiger charge is 2.32. The van der Waals surface area contributed by atoms with Gasteiger partial charge in [0.25, 0.3) is 5.91 Å². The van der Waals surface area contributed by atoms with Gasteiger partial charge >= 0.3 is 0 Å². The van der Waals surface area contributed by atoms with Crippen molar-refractivity contribution in [3.8, 4) is 0 Å². The molecule has 3 aromatic rings. The predicted molar refractivity (Wildman–Crippen MR) is 154 cm³/mol. The number of hydrogen-bond donors (Lipinski definition) is 0. The SMILES string of the molecule is O=C1/C(=C/c2ccccc2)SC(=S)N1CCCCCC(=O)N1c2ccccc2Sc2ccc(Cl)cc21. The number of fused-ring (bicyclic) bond motifs is 2. The van der Waals surface area contributed by atoms with Crippen molar-refractivity contribution >= 4 is 80.9 Å². The number of hydrogen-bond acceptors (Lipinski definition) is 5. The summed E-state index contributed by atoms with van der Waals surface area (Å²) in [5.41, 5.74) is 2.71. The Hall–Kier alpha value is -2.58. The molecule has 0 N–H and O–H groups in total. The smallest absolute Gasteiger partial charge is 0.266 e. The first-order chi connectivity index (χ1) is 17.5. The highest BCUT2D eigenvalue weighted by atomic mass is 35.5. The van der Waals surface area contributed by atoms with Crippen LogP contribution in [0.4, 0.5) is 11.4 Å².